The van der Waals surface area contributed by atoms with Crippen molar-refractivity contribution in [3.05, 3.63) is 41.6 Å². The lowest BCUT2D eigenvalue weighted by Gasteiger charge is -2.36. The number of hydrogen-bond acceptors (Lipinski definition) is 6. The largest absolute Gasteiger partial charge is 0.494 e. The van der Waals surface area contributed by atoms with Gasteiger partial charge in [0.15, 0.2) is 0 Å². The smallest absolute Gasteiger partial charge is 0.253 e. The predicted octanol–water partition coefficient (Wildman–Crippen LogP) is 3.92. The molecule has 0 radical (unpaired) electrons. The first-order valence-corrected chi connectivity index (χ1v) is 12.0. The second-order valence-corrected chi connectivity index (χ2v) is 8.72. The first kappa shape index (κ1) is 22.4. The van der Waals surface area contributed by atoms with Crippen LogP contribution in [0.25, 0.3) is 0 Å². The Labute approximate surface area is 191 Å². The van der Waals surface area contributed by atoms with Gasteiger partial charge in [-0.3, -0.25) is 4.79 Å². The molecule has 1 amide bonds. The van der Waals surface area contributed by atoms with Crippen LogP contribution in [0.15, 0.2) is 30.3 Å². The van der Waals surface area contributed by atoms with Gasteiger partial charge < -0.3 is 19.4 Å². The highest BCUT2D eigenvalue weighted by atomic mass is 16.5. The molecule has 32 heavy (non-hydrogen) atoms. The zero-order chi connectivity index (χ0) is 22.3. The van der Waals surface area contributed by atoms with Gasteiger partial charge in [-0.05, 0) is 56.9 Å². The number of carbonyl (C=O) groups is 1. The minimum Gasteiger partial charge on any atom is -0.494 e. The number of hydrogen-bond donors (Lipinski definition) is 0. The standard InChI is InChI=1S/C25H35N5O2/c1-3-4-18-32-22-10-8-21(9-11-22)24(31)29-16-14-28(15-17-29)23-19-20(2)26-25(27-23)30-12-6-5-7-13-30/h8-11,19H,3-7,12-18H2,1-2H3. The molecule has 2 aliphatic heterocycles. The van der Waals surface area contributed by atoms with E-state index >= 15 is 0 Å². The summed E-state index contributed by atoms with van der Waals surface area (Å²) in [7, 11) is 0. The molecule has 2 fully saturated rings. The van der Waals surface area contributed by atoms with Gasteiger partial charge in [-0.25, -0.2) is 4.98 Å². The Hall–Kier alpha value is -2.83. The number of benzene rings is 1. The van der Waals surface area contributed by atoms with Crippen LogP contribution in [-0.2, 0) is 0 Å². The Balaban J connectivity index is 1.34. The van der Waals surface area contributed by atoms with Crippen molar-refractivity contribution in [2.24, 2.45) is 0 Å². The molecule has 1 aromatic carbocycles. The summed E-state index contributed by atoms with van der Waals surface area (Å²) >= 11 is 0. The quantitative estimate of drug-likeness (QED) is 0.612. The van der Waals surface area contributed by atoms with Crippen LogP contribution in [0.3, 0.4) is 0 Å². The van der Waals surface area contributed by atoms with Crippen LogP contribution in [0.2, 0.25) is 0 Å². The third-order valence-corrected chi connectivity index (χ3v) is 6.23. The van der Waals surface area contributed by atoms with Gasteiger partial charge in [0.25, 0.3) is 5.91 Å². The van der Waals surface area contributed by atoms with Crippen molar-refractivity contribution in [2.75, 3.05) is 55.7 Å². The number of aromatic nitrogens is 2. The average Bonchev–Trinajstić information content (AvgIpc) is 2.84. The Kier molecular flexibility index (Phi) is 7.45. The van der Waals surface area contributed by atoms with Gasteiger partial charge in [-0.15, -0.1) is 0 Å². The highest BCUT2D eigenvalue weighted by Crippen LogP contribution is 2.22. The predicted molar refractivity (Wildman–Crippen MR) is 128 cm³/mol. The van der Waals surface area contributed by atoms with E-state index in [0.717, 1.165) is 62.2 Å². The third-order valence-electron chi connectivity index (χ3n) is 6.23. The van der Waals surface area contributed by atoms with E-state index in [0.29, 0.717) is 25.3 Å². The maximum Gasteiger partial charge on any atom is 0.253 e. The average molecular weight is 438 g/mol. The fourth-order valence-electron chi connectivity index (χ4n) is 4.28. The topological polar surface area (TPSA) is 61.8 Å². The number of piperazine rings is 1. The van der Waals surface area contributed by atoms with Crippen LogP contribution in [0, 0.1) is 6.92 Å². The van der Waals surface area contributed by atoms with Crippen LogP contribution >= 0.6 is 0 Å². The highest BCUT2D eigenvalue weighted by molar-refractivity contribution is 5.94. The number of nitrogens with zero attached hydrogens (tertiary/aromatic N) is 5. The maximum absolute atomic E-state index is 13.0. The molecule has 0 saturated carbocycles. The maximum atomic E-state index is 13.0. The van der Waals surface area contributed by atoms with Gasteiger partial charge in [0.2, 0.25) is 5.95 Å². The number of rotatable bonds is 7. The summed E-state index contributed by atoms with van der Waals surface area (Å²) in [5.74, 6) is 2.72. The summed E-state index contributed by atoms with van der Waals surface area (Å²) in [6, 6.07) is 9.58. The summed E-state index contributed by atoms with van der Waals surface area (Å²) < 4.78 is 5.71. The molecule has 4 rings (SSSR count). The van der Waals surface area contributed by atoms with Crippen LogP contribution in [0.4, 0.5) is 11.8 Å². The lowest BCUT2D eigenvalue weighted by molar-refractivity contribution is 0.0746. The first-order chi connectivity index (χ1) is 15.6. The van der Waals surface area contributed by atoms with Crippen molar-refractivity contribution in [3.8, 4) is 5.75 Å². The summed E-state index contributed by atoms with van der Waals surface area (Å²) in [6.45, 7) is 9.90. The Bertz CT molecular complexity index is 888. The van der Waals surface area contributed by atoms with Crippen LogP contribution in [0.1, 0.15) is 55.1 Å². The van der Waals surface area contributed by atoms with E-state index in [9.17, 15) is 4.79 Å². The molecule has 172 valence electrons. The van der Waals surface area contributed by atoms with Crippen molar-refractivity contribution in [1.29, 1.82) is 0 Å². The number of unbranched alkanes of at least 4 members (excludes halogenated alkanes) is 1. The van der Waals surface area contributed by atoms with Gasteiger partial charge in [0.1, 0.15) is 11.6 Å². The van der Waals surface area contributed by atoms with Crippen molar-refractivity contribution in [2.45, 2.75) is 46.0 Å². The van der Waals surface area contributed by atoms with Gasteiger partial charge in [0.05, 0.1) is 6.61 Å². The molecule has 2 aromatic rings. The van der Waals surface area contributed by atoms with E-state index in [1.807, 2.05) is 36.1 Å². The van der Waals surface area contributed by atoms with E-state index in [1.165, 1.54) is 19.3 Å². The molecule has 3 heterocycles. The molecular formula is C25H35N5O2. The normalized spacial score (nSPS) is 16.9. The molecule has 0 atom stereocenters. The van der Waals surface area contributed by atoms with E-state index in [-0.39, 0.29) is 5.91 Å². The molecular weight excluding hydrogens is 402 g/mol. The van der Waals surface area contributed by atoms with Crippen molar-refractivity contribution in [3.63, 3.8) is 0 Å². The van der Waals surface area contributed by atoms with Crippen LogP contribution < -0.4 is 14.5 Å². The molecule has 0 N–H and O–H groups in total. The number of anilines is 2. The fourth-order valence-corrected chi connectivity index (χ4v) is 4.28. The molecule has 7 nitrogen and oxygen atoms in total. The van der Waals surface area contributed by atoms with E-state index in [4.69, 9.17) is 9.72 Å². The number of ether oxygens (including phenoxy) is 1. The summed E-state index contributed by atoms with van der Waals surface area (Å²) in [5.41, 5.74) is 1.71. The summed E-state index contributed by atoms with van der Waals surface area (Å²) in [6.07, 6.45) is 5.85. The van der Waals surface area contributed by atoms with E-state index < -0.39 is 0 Å². The zero-order valence-electron chi connectivity index (χ0n) is 19.4. The van der Waals surface area contributed by atoms with Crippen molar-refractivity contribution < 1.29 is 9.53 Å². The molecule has 7 heteroatoms. The SMILES string of the molecule is CCCCOc1ccc(C(=O)N2CCN(c3cc(C)nc(N4CCCCC4)n3)CC2)cc1. The van der Waals surface area contributed by atoms with Crippen molar-refractivity contribution >= 4 is 17.7 Å². The molecule has 0 unspecified atom stereocenters. The molecule has 2 saturated heterocycles. The monoisotopic (exact) mass is 437 g/mol. The lowest BCUT2D eigenvalue weighted by Crippen LogP contribution is -2.49. The Morgan fingerprint density at radius 3 is 2.34 bits per heavy atom. The molecule has 0 bridgehead atoms. The number of aryl methyl sites for hydroxylation is 1. The molecule has 1 aromatic heterocycles. The fraction of sp³-hybridized carbons (Fsp3) is 0.560. The number of piperidine rings is 1. The summed E-state index contributed by atoms with van der Waals surface area (Å²) in [4.78, 5) is 29.0. The van der Waals surface area contributed by atoms with Gasteiger partial charge in [0, 0.05) is 56.6 Å². The van der Waals surface area contributed by atoms with Gasteiger partial charge >= 0.3 is 0 Å². The number of carbonyl (C=O) groups excluding carboxylic acids is 1. The van der Waals surface area contributed by atoms with Gasteiger partial charge in [-0.2, -0.15) is 4.98 Å². The van der Waals surface area contributed by atoms with Gasteiger partial charge in [-0.1, -0.05) is 13.3 Å². The molecule has 2 aliphatic rings. The summed E-state index contributed by atoms with van der Waals surface area (Å²) in [5, 5.41) is 0. The second kappa shape index (κ2) is 10.7. The van der Waals surface area contributed by atoms with E-state index in [2.05, 4.69) is 27.8 Å². The third kappa shape index (κ3) is 5.50. The Morgan fingerprint density at radius 1 is 0.938 bits per heavy atom. The minimum atomic E-state index is 0.0811. The van der Waals surface area contributed by atoms with E-state index in [1.54, 1.807) is 0 Å². The Morgan fingerprint density at radius 2 is 1.66 bits per heavy atom. The lowest BCUT2D eigenvalue weighted by atomic mass is 10.1. The second-order valence-electron chi connectivity index (χ2n) is 8.72. The molecule has 0 aliphatic carbocycles. The van der Waals surface area contributed by atoms with Crippen LogP contribution in [0.5, 0.6) is 5.75 Å². The highest BCUT2D eigenvalue weighted by Gasteiger charge is 2.24. The van der Waals surface area contributed by atoms with Crippen LogP contribution in [-0.4, -0.2) is 66.7 Å². The number of amides is 1. The zero-order valence-corrected chi connectivity index (χ0v) is 19.4. The van der Waals surface area contributed by atoms with Crippen molar-refractivity contribution in [1.82, 2.24) is 14.9 Å². The minimum absolute atomic E-state index is 0.0811. The first-order valence-electron chi connectivity index (χ1n) is 12.0. The molecule has 0 spiro atoms.